The van der Waals surface area contributed by atoms with E-state index in [0.29, 0.717) is 6.04 Å². The van der Waals surface area contributed by atoms with Crippen LogP contribution in [0.25, 0.3) is 0 Å². The van der Waals surface area contributed by atoms with Crippen molar-refractivity contribution in [3.8, 4) is 0 Å². The highest BCUT2D eigenvalue weighted by atomic mass is 79.9. The van der Waals surface area contributed by atoms with Gasteiger partial charge in [0.05, 0.1) is 4.47 Å². The molecule has 1 atom stereocenters. The van der Waals surface area contributed by atoms with Crippen LogP contribution < -0.4 is 10.2 Å². The second-order valence-electron chi connectivity index (χ2n) is 3.50. The Morgan fingerprint density at radius 2 is 2.21 bits per heavy atom. The Balaban J connectivity index is 2.10. The van der Waals surface area contributed by atoms with Gasteiger partial charge in [-0.05, 0) is 22.9 Å². The lowest BCUT2D eigenvalue weighted by Gasteiger charge is -2.31. The summed E-state index contributed by atoms with van der Waals surface area (Å²) >= 11 is 3.33. The number of hydrogen-bond donors (Lipinski definition) is 1. The Labute approximate surface area is 91.9 Å². The molecule has 0 saturated carbocycles. The van der Waals surface area contributed by atoms with Gasteiger partial charge >= 0.3 is 0 Å². The van der Waals surface area contributed by atoms with Gasteiger partial charge in [-0.15, -0.1) is 0 Å². The van der Waals surface area contributed by atoms with Crippen LogP contribution >= 0.6 is 15.9 Å². The molecule has 0 spiro atoms. The predicted molar refractivity (Wildman–Crippen MR) is 59.4 cm³/mol. The van der Waals surface area contributed by atoms with Gasteiger partial charge in [-0.2, -0.15) is 0 Å². The Morgan fingerprint density at radius 3 is 2.86 bits per heavy atom. The van der Waals surface area contributed by atoms with Crippen molar-refractivity contribution in [2.75, 3.05) is 24.5 Å². The van der Waals surface area contributed by atoms with Crippen LogP contribution in [0, 0.1) is 0 Å². The van der Waals surface area contributed by atoms with Crippen molar-refractivity contribution in [3.05, 3.63) is 16.9 Å². The van der Waals surface area contributed by atoms with E-state index in [-0.39, 0.29) is 0 Å². The van der Waals surface area contributed by atoms with Gasteiger partial charge in [-0.1, -0.05) is 0 Å². The summed E-state index contributed by atoms with van der Waals surface area (Å²) in [4.78, 5) is 10.8. The van der Waals surface area contributed by atoms with E-state index >= 15 is 0 Å². The first-order valence-corrected chi connectivity index (χ1v) is 5.51. The number of piperazine rings is 1. The van der Waals surface area contributed by atoms with Gasteiger partial charge in [-0.25, -0.2) is 9.97 Å². The molecule has 76 valence electrons. The molecule has 0 amide bonds. The van der Waals surface area contributed by atoms with Crippen LogP contribution in [-0.4, -0.2) is 35.6 Å². The normalized spacial score (nSPS) is 22.4. The van der Waals surface area contributed by atoms with Crippen LogP contribution in [0.5, 0.6) is 0 Å². The summed E-state index contributed by atoms with van der Waals surface area (Å²) in [5, 5.41) is 3.39. The van der Waals surface area contributed by atoms with Gasteiger partial charge in [0.1, 0.15) is 0 Å². The molecule has 2 heterocycles. The third-order valence-corrected chi connectivity index (χ3v) is 2.67. The fourth-order valence-electron chi connectivity index (χ4n) is 1.58. The van der Waals surface area contributed by atoms with E-state index in [1.807, 2.05) is 0 Å². The maximum absolute atomic E-state index is 4.28. The average molecular weight is 257 g/mol. The molecule has 1 saturated heterocycles. The van der Waals surface area contributed by atoms with E-state index in [0.717, 1.165) is 30.1 Å². The van der Waals surface area contributed by atoms with Crippen LogP contribution in [0.2, 0.25) is 0 Å². The van der Waals surface area contributed by atoms with E-state index in [4.69, 9.17) is 0 Å². The molecule has 1 aromatic rings. The highest BCUT2D eigenvalue weighted by molar-refractivity contribution is 9.10. The van der Waals surface area contributed by atoms with Crippen molar-refractivity contribution in [1.82, 2.24) is 15.3 Å². The highest BCUT2D eigenvalue weighted by Gasteiger charge is 2.17. The molecule has 0 aromatic carbocycles. The lowest BCUT2D eigenvalue weighted by molar-refractivity contribution is 0.479. The fraction of sp³-hybridized carbons (Fsp3) is 0.556. The molecule has 1 aromatic heterocycles. The highest BCUT2D eigenvalue weighted by Crippen LogP contribution is 2.12. The van der Waals surface area contributed by atoms with Gasteiger partial charge in [0.2, 0.25) is 5.95 Å². The van der Waals surface area contributed by atoms with E-state index in [9.17, 15) is 0 Å². The summed E-state index contributed by atoms with van der Waals surface area (Å²) in [5.41, 5.74) is 0. The molecule has 5 heteroatoms. The van der Waals surface area contributed by atoms with Crippen molar-refractivity contribution in [2.24, 2.45) is 0 Å². The van der Waals surface area contributed by atoms with Gasteiger partial charge in [0, 0.05) is 38.1 Å². The molecule has 1 aliphatic rings. The zero-order valence-corrected chi connectivity index (χ0v) is 9.66. The first kappa shape index (κ1) is 9.86. The van der Waals surface area contributed by atoms with Crippen LogP contribution in [0.1, 0.15) is 6.92 Å². The third-order valence-electron chi connectivity index (χ3n) is 2.26. The topological polar surface area (TPSA) is 41.1 Å². The lowest BCUT2D eigenvalue weighted by atomic mass is 10.2. The molecule has 0 bridgehead atoms. The molecule has 0 aliphatic carbocycles. The van der Waals surface area contributed by atoms with Crippen LogP contribution in [0.4, 0.5) is 5.95 Å². The molecule has 14 heavy (non-hydrogen) atoms. The first-order valence-electron chi connectivity index (χ1n) is 4.71. The monoisotopic (exact) mass is 256 g/mol. The van der Waals surface area contributed by atoms with E-state index in [1.165, 1.54) is 0 Å². The summed E-state index contributed by atoms with van der Waals surface area (Å²) < 4.78 is 0.921. The molecule has 0 unspecified atom stereocenters. The van der Waals surface area contributed by atoms with Crippen molar-refractivity contribution in [1.29, 1.82) is 0 Å². The van der Waals surface area contributed by atoms with Crippen LogP contribution in [0.3, 0.4) is 0 Å². The summed E-state index contributed by atoms with van der Waals surface area (Å²) in [6, 6.07) is 0.510. The maximum Gasteiger partial charge on any atom is 0.225 e. The van der Waals surface area contributed by atoms with E-state index in [1.54, 1.807) is 12.4 Å². The maximum atomic E-state index is 4.28. The molecule has 2 rings (SSSR count). The van der Waals surface area contributed by atoms with Crippen molar-refractivity contribution < 1.29 is 0 Å². The average Bonchev–Trinajstić information content (AvgIpc) is 2.19. The van der Waals surface area contributed by atoms with Gasteiger partial charge in [-0.3, -0.25) is 0 Å². The molecule has 0 radical (unpaired) electrons. The standard InChI is InChI=1S/C9H13BrN4/c1-7-6-14(3-2-11-7)9-12-4-8(10)5-13-9/h4-5,7,11H,2-3,6H2,1H3/t7-/m0/s1. The van der Waals surface area contributed by atoms with Gasteiger partial charge in [0.25, 0.3) is 0 Å². The smallest absolute Gasteiger partial charge is 0.225 e. The number of hydrogen-bond acceptors (Lipinski definition) is 4. The molecular weight excluding hydrogens is 244 g/mol. The predicted octanol–water partition coefficient (Wildman–Crippen LogP) is 1.04. The number of anilines is 1. The molecule has 1 aliphatic heterocycles. The lowest BCUT2D eigenvalue weighted by Crippen LogP contribution is -2.49. The zero-order valence-electron chi connectivity index (χ0n) is 8.07. The number of aromatic nitrogens is 2. The van der Waals surface area contributed by atoms with Crippen molar-refractivity contribution in [3.63, 3.8) is 0 Å². The van der Waals surface area contributed by atoms with Gasteiger partial charge < -0.3 is 10.2 Å². The number of nitrogens with one attached hydrogen (secondary N) is 1. The second kappa shape index (κ2) is 4.23. The number of nitrogens with zero attached hydrogens (tertiary/aromatic N) is 3. The van der Waals surface area contributed by atoms with Gasteiger partial charge in [0.15, 0.2) is 0 Å². The Bertz CT molecular complexity index is 300. The Morgan fingerprint density at radius 1 is 1.50 bits per heavy atom. The molecular formula is C9H13BrN4. The molecule has 4 nitrogen and oxygen atoms in total. The fourth-order valence-corrected chi connectivity index (χ4v) is 1.79. The summed E-state index contributed by atoms with van der Waals surface area (Å²) in [6.07, 6.45) is 3.57. The SMILES string of the molecule is C[C@H]1CN(c2ncc(Br)cn2)CCN1. The Hall–Kier alpha value is -0.680. The number of halogens is 1. The van der Waals surface area contributed by atoms with E-state index < -0.39 is 0 Å². The molecule has 1 fully saturated rings. The van der Waals surface area contributed by atoms with Crippen LogP contribution in [-0.2, 0) is 0 Å². The quantitative estimate of drug-likeness (QED) is 0.816. The second-order valence-corrected chi connectivity index (χ2v) is 4.42. The largest absolute Gasteiger partial charge is 0.338 e. The minimum Gasteiger partial charge on any atom is -0.338 e. The summed E-state index contributed by atoms with van der Waals surface area (Å²) in [7, 11) is 0. The van der Waals surface area contributed by atoms with Crippen molar-refractivity contribution >= 4 is 21.9 Å². The summed E-state index contributed by atoms with van der Waals surface area (Å²) in [5.74, 6) is 0.821. The van der Waals surface area contributed by atoms with E-state index in [2.05, 4.69) is 43.0 Å². The number of rotatable bonds is 1. The third kappa shape index (κ3) is 2.22. The zero-order chi connectivity index (χ0) is 9.97. The molecule has 1 N–H and O–H groups in total. The summed E-state index contributed by atoms with van der Waals surface area (Å²) in [6.45, 7) is 5.12. The van der Waals surface area contributed by atoms with Crippen molar-refractivity contribution in [2.45, 2.75) is 13.0 Å². The minimum absolute atomic E-state index is 0.510. The Kier molecular flexibility index (Phi) is 2.98. The van der Waals surface area contributed by atoms with Crippen LogP contribution in [0.15, 0.2) is 16.9 Å². The minimum atomic E-state index is 0.510. The first-order chi connectivity index (χ1) is 6.75.